The van der Waals surface area contributed by atoms with Crippen molar-refractivity contribution in [3.05, 3.63) is 34.9 Å². The normalized spacial score (nSPS) is 12.6. The number of aliphatic hydroxyl groups excluding tert-OH is 1. The molecule has 0 saturated heterocycles. The summed E-state index contributed by atoms with van der Waals surface area (Å²) in [6, 6.07) is 5.25. The number of rotatable bonds is 7. The highest BCUT2D eigenvalue weighted by atomic mass is 16.5. The van der Waals surface area contributed by atoms with Crippen molar-refractivity contribution in [2.24, 2.45) is 5.41 Å². The smallest absolute Gasteiger partial charge is 0.338 e. The van der Waals surface area contributed by atoms with E-state index in [9.17, 15) is 14.7 Å². The predicted molar refractivity (Wildman–Crippen MR) is 98.6 cm³/mol. The van der Waals surface area contributed by atoms with Gasteiger partial charge in [-0.25, -0.2) is 4.79 Å². The van der Waals surface area contributed by atoms with Gasteiger partial charge in [-0.1, -0.05) is 40.2 Å². The van der Waals surface area contributed by atoms with E-state index in [1.807, 2.05) is 26.8 Å². The van der Waals surface area contributed by atoms with Crippen LogP contribution in [0, 0.1) is 5.41 Å². The summed E-state index contributed by atoms with van der Waals surface area (Å²) in [5, 5.41) is 9.84. The lowest BCUT2D eigenvalue weighted by Gasteiger charge is -2.25. The topological polar surface area (TPSA) is 66.8 Å². The zero-order valence-corrected chi connectivity index (χ0v) is 16.3. The number of aryl methyl sites for hydroxylation is 1. The Kier molecular flexibility index (Phi) is 7.61. The van der Waals surface area contributed by atoms with Crippen molar-refractivity contribution in [2.45, 2.75) is 60.6 Å². The Labute approximate surface area is 151 Å². The fraction of sp³-hybridized carbons (Fsp3) is 0.600. The van der Waals surface area contributed by atoms with E-state index < -0.39 is 12.2 Å². The zero-order chi connectivity index (χ0) is 19.2. The molecule has 0 aliphatic heterocycles. The molecule has 140 valence electrons. The Morgan fingerprint density at radius 1 is 1.20 bits per heavy atom. The van der Waals surface area contributed by atoms with Crippen LogP contribution in [0.4, 0.5) is 0 Å². The van der Waals surface area contributed by atoms with Gasteiger partial charge >= 0.3 is 5.97 Å². The quantitative estimate of drug-likeness (QED) is 0.603. The lowest BCUT2D eigenvalue weighted by Crippen LogP contribution is -2.39. The summed E-state index contributed by atoms with van der Waals surface area (Å²) in [5.74, 6) is -0.874. The first-order valence-electron chi connectivity index (χ1n) is 8.89. The third-order valence-corrected chi connectivity index (χ3v) is 3.76. The molecular formula is C20H31NO4. The number of nitrogens with zero attached hydrogens (tertiary/aromatic N) is 1. The molecule has 0 spiro atoms. The van der Waals surface area contributed by atoms with Crippen LogP contribution >= 0.6 is 0 Å². The first-order chi connectivity index (χ1) is 11.6. The molecule has 1 amide bonds. The zero-order valence-electron chi connectivity index (χ0n) is 16.3. The molecule has 1 aromatic rings. The van der Waals surface area contributed by atoms with Gasteiger partial charge < -0.3 is 14.7 Å². The van der Waals surface area contributed by atoms with Gasteiger partial charge in [0.05, 0.1) is 17.7 Å². The van der Waals surface area contributed by atoms with Crippen LogP contribution in [-0.4, -0.2) is 41.3 Å². The van der Waals surface area contributed by atoms with E-state index in [1.165, 1.54) is 11.8 Å². The third-order valence-electron chi connectivity index (χ3n) is 3.76. The maximum absolute atomic E-state index is 12.9. The SMILES string of the molecule is CCCc1ccc(C(=O)OCC(C)(C)C)c(C(=O)N(CC)C(C)O)c1. The van der Waals surface area contributed by atoms with Crippen LogP contribution in [-0.2, 0) is 11.2 Å². The third kappa shape index (κ3) is 6.16. The van der Waals surface area contributed by atoms with Crippen molar-refractivity contribution < 1.29 is 19.4 Å². The molecule has 0 aliphatic carbocycles. The fourth-order valence-corrected chi connectivity index (χ4v) is 2.48. The van der Waals surface area contributed by atoms with Crippen molar-refractivity contribution >= 4 is 11.9 Å². The molecule has 5 heteroatoms. The van der Waals surface area contributed by atoms with Crippen molar-refractivity contribution in [2.75, 3.05) is 13.2 Å². The maximum atomic E-state index is 12.9. The van der Waals surface area contributed by atoms with E-state index >= 15 is 0 Å². The molecule has 0 fully saturated rings. The highest BCUT2D eigenvalue weighted by Gasteiger charge is 2.25. The summed E-state index contributed by atoms with van der Waals surface area (Å²) in [6.45, 7) is 11.9. The monoisotopic (exact) mass is 349 g/mol. The molecule has 25 heavy (non-hydrogen) atoms. The summed E-state index contributed by atoms with van der Waals surface area (Å²) in [4.78, 5) is 26.7. The van der Waals surface area contributed by atoms with E-state index in [2.05, 4.69) is 6.92 Å². The average Bonchev–Trinajstić information content (AvgIpc) is 2.52. The van der Waals surface area contributed by atoms with Gasteiger partial charge in [0.15, 0.2) is 0 Å². The Morgan fingerprint density at radius 2 is 1.84 bits per heavy atom. The molecule has 0 aromatic heterocycles. The second kappa shape index (κ2) is 8.99. The largest absolute Gasteiger partial charge is 0.462 e. The van der Waals surface area contributed by atoms with Gasteiger partial charge in [0.25, 0.3) is 5.91 Å². The Morgan fingerprint density at radius 3 is 2.32 bits per heavy atom. The summed E-state index contributed by atoms with van der Waals surface area (Å²) in [7, 11) is 0. The highest BCUT2D eigenvalue weighted by Crippen LogP contribution is 2.20. The first kappa shape index (κ1) is 21.2. The van der Waals surface area contributed by atoms with Crippen LogP contribution < -0.4 is 0 Å². The minimum atomic E-state index is -0.925. The van der Waals surface area contributed by atoms with Crippen molar-refractivity contribution in [1.29, 1.82) is 0 Å². The lowest BCUT2D eigenvalue weighted by atomic mass is 9.98. The number of hydrogen-bond acceptors (Lipinski definition) is 4. The molecule has 1 unspecified atom stereocenters. The molecule has 0 bridgehead atoms. The number of carbonyl (C=O) groups is 2. The van der Waals surface area contributed by atoms with Crippen molar-refractivity contribution in [1.82, 2.24) is 4.90 Å². The molecule has 1 N–H and O–H groups in total. The minimum Gasteiger partial charge on any atom is -0.462 e. The molecule has 1 atom stereocenters. The first-order valence-corrected chi connectivity index (χ1v) is 8.89. The second-order valence-electron chi connectivity index (χ2n) is 7.49. The molecule has 0 aliphatic rings. The number of benzene rings is 1. The van der Waals surface area contributed by atoms with E-state index in [4.69, 9.17) is 4.74 Å². The van der Waals surface area contributed by atoms with Crippen LogP contribution in [0.1, 0.15) is 74.2 Å². The fourth-order valence-electron chi connectivity index (χ4n) is 2.48. The molecule has 0 radical (unpaired) electrons. The molecular weight excluding hydrogens is 318 g/mol. The van der Waals surface area contributed by atoms with Gasteiger partial charge in [-0.05, 0) is 43.4 Å². The Hall–Kier alpha value is -1.88. The molecule has 1 rings (SSSR count). The maximum Gasteiger partial charge on any atom is 0.338 e. The van der Waals surface area contributed by atoms with Crippen LogP contribution in [0.15, 0.2) is 18.2 Å². The summed E-state index contributed by atoms with van der Waals surface area (Å²) < 4.78 is 5.38. The average molecular weight is 349 g/mol. The number of ether oxygens (including phenoxy) is 1. The predicted octanol–water partition coefficient (Wildman–Crippen LogP) is 3.64. The van der Waals surface area contributed by atoms with Crippen LogP contribution in [0.2, 0.25) is 0 Å². The standard InChI is InChI=1S/C20H31NO4/c1-7-9-15-10-11-16(19(24)25-13-20(4,5)6)17(12-15)18(23)21(8-2)14(3)22/h10-12,14,22H,7-9,13H2,1-6H3. The van der Waals surface area contributed by atoms with Crippen molar-refractivity contribution in [3.8, 4) is 0 Å². The van der Waals surface area contributed by atoms with Crippen LogP contribution in [0.5, 0.6) is 0 Å². The van der Waals surface area contributed by atoms with Gasteiger partial charge in [-0.15, -0.1) is 0 Å². The van der Waals surface area contributed by atoms with E-state index in [1.54, 1.807) is 19.1 Å². The van der Waals surface area contributed by atoms with E-state index in [-0.39, 0.29) is 29.1 Å². The summed E-state index contributed by atoms with van der Waals surface area (Å²) in [6.07, 6.45) is 0.832. The van der Waals surface area contributed by atoms with Crippen LogP contribution in [0.25, 0.3) is 0 Å². The van der Waals surface area contributed by atoms with Crippen LogP contribution in [0.3, 0.4) is 0 Å². The Balaban J connectivity index is 3.23. The summed E-state index contributed by atoms with van der Waals surface area (Å²) >= 11 is 0. The molecule has 0 saturated carbocycles. The van der Waals surface area contributed by atoms with Gasteiger partial charge in [0, 0.05) is 6.54 Å². The van der Waals surface area contributed by atoms with E-state index in [0.717, 1.165) is 18.4 Å². The number of carbonyl (C=O) groups excluding carboxylic acids is 2. The van der Waals surface area contributed by atoms with Crippen molar-refractivity contribution in [3.63, 3.8) is 0 Å². The number of aliphatic hydroxyl groups is 1. The number of esters is 1. The van der Waals surface area contributed by atoms with Gasteiger partial charge in [0.1, 0.15) is 6.23 Å². The molecule has 0 heterocycles. The van der Waals surface area contributed by atoms with Gasteiger partial charge in [-0.2, -0.15) is 0 Å². The Bertz CT molecular complexity index is 602. The second-order valence-corrected chi connectivity index (χ2v) is 7.49. The number of amides is 1. The highest BCUT2D eigenvalue weighted by molar-refractivity contribution is 6.05. The van der Waals surface area contributed by atoms with E-state index in [0.29, 0.717) is 6.54 Å². The summed E-state index contributed by atoms with van der Waals surface area (Å²) in [5.41, 5.74) is 1.36. The van der Waals surface area contributed by atoms with Gasteiger partial charge in [-0.3, -0.25) is 4.79 Å². The number of hydrogen-bond donors (Lipinski definition) is 1. The molecule has 5 nitrogen and oxygen atoms in total. The minimum absolute atomic E-state index is 0.156. The van der Waals surface area contributed by atoms with Gasteiger partial charge in [0.2, 0.25) is 0 Å². The molecule has 1 aromatic carbocycles. The lowest BCUT2D eigenvalue weighted by molar-refractivity contribution is 0.0190.